The molecule has 3 rings (SSSR count). The normalized spacial score (nSPS) is 15.6. The number of cyclic esters (lactones) is 1. The summed E-state index contributed by atoms with van der Waals surface area (Å²) < 4.78 is 47.2. The van der Waals surface area contributed by atoms with Crippen LogP contribution in [0.15, 0.2) is 59.2 Å². The van der Waals surface area contributed by atoms with Crippen molar-refractivity contribution in [2.75, 3.05) is 0 Å². The summed E-state index contributed by atoms with van der Waals surface area (Å²) >= 11 is 0. The predicted molar refractivity (Wildman–Crippen MR) is 80.1 cm³/mol. The van der Waals surface area contributed by atoms with Crippen LogP contribution < -0.4 is 4.74 Å². The molecule has 1 heterocycles. The van der Waals surface area contributed by atoms with Crippen LogP contribution in [0.25, 0.3) is 6.08 Å². The van der Waals surface area contributed by atoms with Crippen LogP contribution in [0, 0.1) is 5.82 Å². The maximum Gasteiger partial charge on any atom is 0.387 e. The molecule has 0 atom stereocenters. The van der Waals surface area contributed by atoms with E-state index in [9.17, 15) is 18.0 Å². The lowest BCUT2D eigenvalue weighted by Crippen LogP contribution is -2.05. The highest BCUT2D eigenvalue weighted by atomic mass is 19.3. The van der Waals surface area contributed by atoms with Gasteiger partial charge in [-0.05, 0) is 36.4 Å². The lowest BCUT2D eigenvalue weighted by atomic mass is 10.1. The van der Waals surface area contributed by atoms with Gasteiger partial charge in [-0.25, -0.2) is 14.2 Å². The molecule has 0 aliphatic carbocycles. The van der Waals surface area contributed by atoms with E-state index in [-0.39, 0.29) is 22.9 Å². The average Bonchev–Trinajstić information content (AvgIpc) is 2.90. The second-order valence-electron chi connectivity index (χ2n) is 4.76. The highest BCUT2D eigenvalue weighted by molar-refractivity contribution is 6.12. The molecule has 0 saturated heterocycles. The third-order valence-corrected chi connectivity index (χ3v) is 3.14. The third-order valence-electron chi connectivity index (χ3n) is 3.14. The molecule has 1 aliphatic heterocycles. The van der Waals surface area contributed by atoms with Crippen molar-refractivity contribution < 1.29 is 27.4 Å². The van der Waals surface area contributed by atoms with E-state index in [4.69, 9.17) is 4.74 Å². The molecule has 122 valence electrons. The Hall–Kier alpha value is -3.09. The number of halogens is 3. The molecular formula is C17H10F3NO3. The Bertz CT molecular complexity index is 829. The summed E-state index contributed by atoms with van der Waals surface area (Å²) in [7, 11) is 0. The van der Waals surface area contributed by atoms with Crippen molar-refractivity contribution in [3.05, 3.63) is 71.2 Å². The Balaban J connectivity index is 1.93. The molecule has 0 fully saturated rings. The fraction of sp³-hybridized carbons (Fsp3) is 0.0588. The molecule has 2 aromatic carbocycles. The Morgan fingerprint density at radius 2 is 1.79 bits per heavy atom. The zero-order valence-corrected chi connectivity index (χ0v) is 12.1. The quantitative estimate of drug-likeness (QED) is 0.632. The lowest BCUT2D eigenvalue weighted by molar-refractivity contribution is -0.129. The number of ether oxygens (including phenoxy) is 2. The zero-order chi connectivity index (χ0) is 17.1. The van der Waals surface area contributed by atoms with Crippen molar-refractivity contribution in [3.63, 3.8) is 0 Å². The van der Waals surface area contributed by atoms with Crippen LogP contribution in [0.1, 0.15) is 11.1 Å². The summed E-state index contributed by atoms with van der Waals surface area (Å²) in [6.07, 6.45) is 1.29. The summed E-state index contributed by atoms with van der Waals surface area (Å²) in [5.41, 5.74) is 0.610. The van der Waals surface area contributed by atoms with Crippen LogP contribution in [0.2, 0.25) is 0 Å². The van der Waals surface area contributed by atoms with Gasteiger partial charge in [-0.3, -0.25) is 0 Å². The maximum absolute atomic E-state index is 12.9. The second kappa shape index (κ2) is 6.57. The topological polar surface area (TPSA) is 47.9 Å². The molecule has 0 aromatic heterocycles. The van der Waals surface area contributed by atoms with Gasteiger partial charge < -0.3 is 9.47 Å². The largest absolute Gasteiger partial charge is 0.434 e. The smallest absolute Gasteiger partial charge is 0.387 e. The van der Waals surface area contributed by atoms with Gasteiger partial charge >= 0.3 is 12.6 Å². The number of rotatable bonds is 4. The van der Waals surface area contributed by atoms with Crippen LogP contribution in [0.4, 0.5) is 13.2 Å². The van der Waals surface area contributed by atoms with Crippen LogP contribution in [-0.2, 0) is 9.53 Å². The SMILES string of the molecule is O=C1OC(c2ccc(F)cc2)=N/C1=C\c1ccccc1OC(F)F. The molecule has 0 saturated carbocycles. The minimum absolute atomic E-state index is 0.0125. The van der Waals surface area contributed by atoms with Gasteiger partial charge in [0.05, 0.1) is 0 Å². The highest BCUT2D eigenvalue weighted by Gasteiger charge is 2.24. The fourth-order valence-corrected chi connectivity index (χ4v) is 2.08. The van der Waals surface area contributed by atoms with Crippen LogP contribution in [0.3, 0.4) is 0 Å². The predicted octanol–water partition coefficient (Wildman–Crippen LogP) is 3.77. The number of aliphatic imine (C=N–C) groups is 1. The number of carbonyl (C=O) groups excluding carboxylic acids is 1. The fourth-order valence-electron chi connectivity index (χ4n) is 2.08. The zero-order valence-electron chi connectivity index (χ0n) is 12.1. The molecule has 4 nitrogen and oxygen atoms in total. The molecule has 0 N–H and O–H groups in total. The van der Waals surface area contributed by atoms with Gasteiger partial charge in [0, 0.05) is 11.1 Å². The molecule has 24 heavy (non-hydrogen) atoms. The number of hydrogen-bond acceptors (Lipinski definition) is 4. The number of alkyl halides is 2. The van der Waals surface area contributed by atoms with E-state index in [1.54, 1.807) is 6.07 Å². The Morgan fingerprint density at radius 1 is 1.08 bits per heavy atom. The second-order valence-corrected chi connectivity index (χ2v) is 4.76. The van der Waals surface area contributed by atoms with Crippen molar-refractivity contribution in [3.8, 4) is 5.75 Å². The molecule has 0 radical (unpaired) electrons. The summed E-state index contributed by atoms with van der Waals surface area (Å²) in [4.78, 5) is 15.9. The molecule has 0 amide bonds. The van der Waals surface area contributed by atoms with E-state index in [0.717, 1.165) is 0 Å². The Kier molecular flexibility index (Phi) is 4.33. The summed E-state index contributed by atoms with van der Waals surface area (Å²) in [5.74, 6) is -1.24. The van der Waals surface area contributed by atoms with Crippen molar-refractivity contribution in [1.82, 2.24) is 0 Å². The molecule has 7 heteroatoms. The van der Waals surface area contributed by atoms with E-state index in [0.29, 0.717) is 5.56 Å². The maximum atomic E-state index is 12.9. The van der Waals surface area contributed by atoms with Crippen LogP contribution in [0.5, 0.6) is 5.75 Å². The first-order valence-corrected chi connectivity index (χ1v) is 6.85. The summed E-state index contributed by atoms with van der Waals surface area (Å²) in [6.45, 7) is -2.99. The average molecular weight is 333 g/mol. The minimum Gasteiger partial charge on any atom is -0.434 e. The van der Waals surface area contributed by atoms with Gasteiger partial charge in [-0.15, -0.1) is 0 Å². The molecule has 0 bridgehead atoms. The number of para-hydroxylation sites is 1. The molecular weight excluding hydrogens is 323 g/mol. The number of hydrogen-bond donors (Lipinski definition) is 0. The number of nitrogens with zero attached hydrogens (tertiary/aromatic N) is 1. The van der Waals surface area contributed by atoms with Crippen molar-refractivity contribution in [2.45, 2.75) is 6.61 Å². The van der Waals surface area contributed by atoms with Gasteiger partial charge in [0.15, 0.2) is 5.70 Å². The Morgan fingerprint density at radius 3 is 2.50 bits per heavy atom. The van der Waals surface area contributed by atoms with E-state index < -0.39 is 18.4 Å². The van der Waals surface area contributed by atoms with Gasteiger partial charge in [0.1, 0.15) is 11.6 Å². The van der Waals surface area contributed by atoms with Gasteiger partial charge in [-0.1, -0.05) is 18.2 Å². The Labute approximate surface area is 134 Å². The van der Waals surface area contributed by atoms with E-state index in [1.807, 2.05) is 0 Å². The van der Waals surface area contributed by atoms with Crippen LogP contribution in [-0.4, -0.2) is 18.5 Å². The monoisotopic (exact) mass is 333 g/mol. The third kappa shape index (κ3) is 3.45. The van der Waals surface area contributed by atoms with Gasteiger partial charge in [0.25, 0.3) is 0 Å². The van der Waals surface area contributed by atoms with Crippen molar-refractivity contribution >= 4 is 17.9 Å². The standard InChI is InChI=1S/C17H10F3NO3/c18-12-7-5-10(6-8-12)15-21-13(16(22)24-15)9-11-3-1-2-4-14(11)23-17(19)20/h1-9,17H/b13-9-. The number of benzene rings is 2. The van der Waals surface area contributed by atoms with Crippen LogP contribution >= 0.6 is 0 Å². The van der Waals surface area contributed by atoms with Gasteiger partial charge in [0.2, 0.25) is 5.90 Å². The first kappa shape index (κ1) is 15.8. The minimum atomic E-state index is -2.99. The highest BCUT2D eigenvalue weighted by Crippen LogP contribution is 2.25. The first-order valence-electron chi connectivity index (χ1n) is 6.85. The summed E-state index contributed by atoms with van der Waals surface area (Å²) in [6, 6.07) is 11.2. The van der Waals surface area contributed by atoms with Crippen molar-refractivity contribution in [2.24, 2.45) is 4.99 Å². The van der Waals surface area contributed by atoms with E-state index >= 15 is 0 Å². The summed E-state index contributed by atoms with van der Waals surface area (Å²) in [5, 5.41) is 0. The number of esters is 1. The molecule has 0 spiro atoms. The first-order chi connectivity index (χ1) is 11.5. The van der Waals surface area contributed by atoms with Gasteiger partial charge in [-0.2, -0.15) is 8.78 Å². The van der Waals surface area contributed by atoms with Crippen molar-refractivity contribution in [1.29, 1.82) is 0 Å². The lowest BCUT2D eigenvalue weighted by Gasteiger charge is -2.07. The number of carbonyl (C=O) groups is 1. The molecule has 1 aliphatic rings. The van der Waals surface area contributed by atoms with E-state index in [2.05, 4.69) is 9.73 Å². The molecule has 0 unspecified atom stereocenters. The molecule has 2 aromatic rings. The van der Waals surface area contributed by atoms with E-state index in [1.165, 1.54) is 48.5 Å².